The maximum Gasteiger partial charge on any atom is 0.0992 e. The molecule has 0 aliphatic heterocycles. The number of rotatable bonds is 0. The monoisotopic (exact) mass is 166 g/mol. The van der Waals surface area contributed by atoms with Crippen LogP contribution in [0.5, 0.6) is 0 Å². The van der Waals surface area contributed by atoms with Crippen LogP contribution in [0.15, 0.2) is 28.6 Å². The van der Waals surface area contributed by atoms with Crippen LogP contribution >= 0.6 is 24.0 Å². The topological polar surface area (TPSA) is 12.9 Å². The van der Waals surface area contributed by atoms with Crippen LogP contribution in [0.3, 0.4) is 0 Å². The van der Waals surface area contributed by atoms with Crippen LogP contribution in [-0.4, -0.2) is 4.98 Å². The fraction of sp³-hybridized carbons (Fsp3) is 0. The predicted octanol–water partition coefficient (Wildman–Crippen LogP) is 2.85. The Labute approximate surface area is 68.1 Å². The summed E-state index contributed by atoms with van der Waals surface area (Å²) in [5.74, 6) is 0. The first-order chi connectivity index (χ1) is 4.88. The standard InChI is InChI=1S/C7H4NS2/c9-5-2-1-3-6-7(5)8-4-10-6/h1-4H. The molecule has 1 aromatic heterocycles. The number of hydrogen-bond donors (Lipinski definition) is 0. The van der Waals surface area contributed by atoms with Crippen molar-refractivity contribution >= 4 is 34.2 Å². The molecule has 1 nitrogen and oxygen atoms in total. The lowest BCUT2D eigenvalue weighted by Gasteiger charge is -1.87. The zero-order valence-corrected chi connectivity index (χ0v) is 6.71. The molecule has 0 atom stereocenters. The maximum atomic E-state index is 5.05. The number of benzene rings is 1. The van der Waals surface area contributed by atoms with Gasteiger partial charge in [0.05, 0.1) is 20.6 Å². The fourth-order valence-electron chi connectivity index (χ4n) is 0.860. The van der Waals surface area contributed by atoms with Crippen LogP contribution in [0.1, 0.15) is 0 Å². The van der Waals surface area contributed by atoms with E-state index in [2.05, 4.69) is 4.98 Å². The van der Waals surface area contributed by atoms with Gasteiger partial charge in [-0.05, 0) is 12.1 Å². The Hall–Kier alpha value is -0.670. The molecule has 1 aromatic carbocycles. The van der Waals surface area contributed by atoms with Crippen LogP contribution in [0.2, 0.25) is 0 Å². The first kappa shape index (κ1) is 6.07. The third kappa shape index (κ3) is 0.786. The van der Waals surface area contributed by atoms with Gasteiger partial charge in [-0.25, -0.2) is 4.98 Å². The number of hydrogen-bond acceptors (Lipinski definition) is 2. The summed E-state index contributed by atoms with van der Waals surface area (Å²) in [7, 11) is 0. The minimum absolute atomic E-state index is 0.846. The van der Waals surface area contributed by atoms with Gasteiger partial charge in [0, 0.05) is 0 Å². The summed E-state index contributed by atoms with van der Waals surface area (Å²) in [5, 5.41) is 0. The van der Waals surface area contributed by atoms with Crippen molar-refractivity contribution in [2.75, 3.05) is 0 Å². The summed E-state index contributed by atoms with van der Waals surface area (Å²) in [5.41, 5.74) is 2.78. The van der Waals surface area contributed by atoms with Crippen molar-refractivity contribution < 1.29 is 0 Å². The number of fused-ring (bicyclic) bond motifs is 1. The van der Waals surface area contributed by atoms with Gasteiger partial charge in [-0.3, -0.25) is 0 Å². The Kier molecular flexibility index (Phi) is 1.32. The Morgan fingerprint density at radius 3 is 3.10 bits per heavy atom. The van der Waals surface area contributed by atoms with E-state index in [0.717, 1.165) is 10.4 Å². The number of thiazole rings is 1. The summed E-state index contributed by atoms with van der Waals surface area (Å²) in [6.07, 6.45) is 0. The van der Waals surface area contributed by atoms with E-state index in [-0.39, 0.29) is 0 Å². The zero-order chi connectivity index (χ0) is 6.97. The highest BCUT2D eigenvalue weighted by molar-refractivity contribution is 7.80. The third-order valence-corrected chi connectivity index (χ3v) is 2.45. The van der Waals surface area contributed by atoms with Crippen molar-refractivity contribution in [3.8, 4) is 0 Å². The molecule has 0 bridgehead atoms. The molecule has 2 rings (SSSR count). The average Bonchev–Trinajstić information content (AvgIpc) is 2.36. The number of nitrogens with zero attached hydrogens (tertiary/aromatic N) is 1. The van der Waals surface area contributed by atoms with Gasteiger partial charge in [-0.1, -0.05) is 18.7 Å². The Morgan fingerprint density at radius 1 is 1.40 bits per heavy atom. The molecule has 3 heteroatoms. The van der Waals surface area contributed by atoms with E-state index < -0.39 is 0 Å². The lowest BCUT2D eigenvalue weighted by molar-refractivity contribution is 1.42. The van der Waals surface area contributed by atoms with E-state index in [1.807, 2.05) is 23.7 Å². The number of para-hydroxylation sites is 1. The van der Waals surface area contributed by atoms with E-state index in [0.29, 0.717) is 0 Å². The van der Waals surface area contributed by atoms with Gasteiger partial charge < -0.3 is 0 Å². The van der Waals surface area contributed by atoms with Crippen LogP contribution < -0.4 is 0 Å². The van der Waals surface area contributed by atoms with Crippen molar-refractivity contribution in [2.24, 2.45) is 0 Å². The largest absolute Gasteiger partial charge is 0.243 e. The van der Waals surface area contributed by atoms with Crippen LogP contribution in [0.25, 0.3) is 10.2 Å². The van der Waals surface area contributed by atoms with Crippen LogP contribution in [-0.2, 0) is 0 Å². The Balaban J connectivity index is 2.95. The van der Waals surface area contributed by atoms with Gasteiger partial charge in [0.25, 0.3) is 0 Å². The average molecular weight is 166 g/mol. The second kappa shape index (κ2) is 2.18. The minimum atomic E-state index is 0.846. The molecule has 0 unspecified atom stereocenters. The molecule has 49 valence electrons. The highest BCUT2D eigenvalue weighted by Crippen LogP contribution is 2.22. The molecule has 0 spiro atoms. The van der Waals surface area contributed by atoms with E-state index in [4.69, 9.17) is 12.6 Å². The first-order valence-electron chi connectivity index (χ1n) is 2.87. The Bertz CT molecular complexity index is 353. The summed E-state index contributed by atoms with van der Waals surface area (Å²) >= 11 is 6.68. The SMILES string of the molecule is [S]c1cccc2scnc12. The third-order valence-electron chi connectivity index (χ3n) is 1.32. The summed E-state index contributed by atoms with van der Waals surface area (Å²) in [4.78, 5) is 4.98. The molecular formula is C7H4NS2. The fourth-order valence-corrected chi connectivity index (χ4v) is 1.87. The predicted molar refractivity (Wildman–Crippen MR) is 45.5 cm³/mol. The van der Waals surface area contributed by atoms with E-state index in [9.17, 15) is 0 Å². The van der Waals surface area contributed by atoms with Crippen molar-refractivity contribution in [3.05, 3.63) is 23.7 Å². The van der Waals surface area contributed by atoms with Crippen LogP contribution in [0.4, 0.5) is 0 Å². The molecule has 0 amide bonds. The van der Waals surface area contributed by atoms with E-state index >= 15 is 0 Å². The molecule has 2 aromatic rings. The van der Waals surface area contributed by atoms with Crippen LogP contribution in [0, 0.1) is 0 Å². The summed E-state index contributed by atoms with van der Waals surface area (Å²) in [6.45, 7) is 0. The maximum absolute atomic E-state index is 5.05. The van der Waals surface area contributed by atoms with Gasteiger partial charge in [-0.2, -0.15) is 0 Å². The molecule has 0 aliphatic rings. The lowest BCUT2D eigenvalue weighted by Crippen LogP contribution is -1.68. The second-order valence-electron chi connectivity index (χ2n) is 1.96. The molecule has 0 saturated carbocycles. The lowest BCUT2D eigenvalue weighted by atomic mass is 10.3. The minimum Gasteiger partial charge on any atom is -0.243 e. The van der Waals surface area contributed by atoms with Gasteiger partial charge in [-0.15, -0.1) is 11.3 Å². The smallest absolute Gasteiger partial charge is 0.0992 e. The van der Waals surface area contributed by atoms with Gasteiger partial charge >= 0.3 is 0 Å². The highest BCUT2D eigenvalue weighted by Gasteiger charge is 1.98. The molecule has 10 heavy (non-hydrogen) atoms. The summed E-state index contributed by atoms with van der Waals surface area (Å²) < 4.78 is 1.17. The molecule has 0 N–H and O–H groups in total. The summed E-state index contributed by atoms with van der Waals surface area (Å²) in [6, 6.07) is 5.89. The molecule has 1 radical (unpaired) electrons. The zero-order valence-electron chi connectivity index (χ0n) is 5.07. The van der Waals surface area contributed by atoms with Crippen molar-refractivity contribution in [2.45, 2.75) is 4.90 Å². The quantitative estimate of drug-likeness (QED) is 0.586. The number of aromatic nitrogens is 1. The normalized spacial score (nSPS) is 10.4. The second-order valence-corrected chi connectivity index (χ2v) is 3.28. The van der Waals surface area contributed by atoms with Gasteiger partial charge in [0.15, 0.2) is 0 Å². The molecule has 0 fully saturated rings. The molecule has 0 saturated heterocycles. The van der Waals surface area contributed by atoms with Gasteiger partial charge in [0.1, 0.15) is 0 Å². The van der Waals surface area contributed by atoms with Gasteiger partial charge in [0.2, 0.25) is 0 Å². The van der Waals surface area contributed by atoms with E-state index in [1.54, 1.807) is 11.3 Å². The van der Waals surface area contributed by atoms with Crippen molar-refractivity contribution in [3.63, 3.8) is 0 Å². The van der Waals surface area contributed by atoms with E-state index in [1.165, 1.54) is 4.70 Å². The molecular weight excluding hydrogens is 162 g/mol. The molecule has 1 heterocycles. The highest BCUT2D eigenvalue weighted by atomic mass is 32.1. The Morgan fingerprint density at radius 2 is 2.30 bits per heavy atom. The van der Waals surface area contributed by atoms with Crippen molar-refractivity contribution in [1.29, 1.82) is 0 Å². The molecule has 0 aliphatic carbocycles. The van der Waals surface area contributed by atoms with Crippen molar-refractivity contribution in [1.82, 2.24) is 4.98 Å². The first-order valence-corrected chi connectivity index (χ1v) is 4.16.